The Kier molecular flexibility index (Phi) is 4.35. The van der Waals surface area contributed by atoms with E-state index in [-0.39, 0.29) is 12.2 Å². The van der Waals surface area contributed by atoms with E-state index in [4.69, 9.17) is 13.6 Å². The molecule has 0 unspecified atom stereocenters. The number of aryl methyl sites for hydroxylation is 1. The van der Waals surface area contributed by atoms with Gasteiger partial charge in [0.2, 0.25) is 0 Å². The first-order chi connectivity index (χ1) is 7.44. The van der Waals surface area contributed by atoms with Crippen LogP contribution in [-0.2, 0) is 11.3 Å². The van der Waals surface area contributed by atoms with Crippen LogP contribution in [0.15, 0.2) is 13.6 Å². The molecule has 1 aromatic rings. The van der Waals surface area contributed by atoms with Crippen molar-refractivity contribution in [3.05, 3.63) is 22.1 Å². The van der Waals surface area contributed by atoms with Gasteiger partial charge in [-0.25, -0.2) is 4.79 Å². The van der Waals surface area contributed by atoms with Gasteiger partial charge in [0.15, 0.2) is 5.76 Å². The van der Waals surface area contributed by atoms with E-state index >= 15 is 0 Å². The molecule has 16 heavy (non-hydrogen) atoms. The summed E-state index contributed by atoms with van der Waals surface area (Å²) < 4.78 is 15.3. The van der Waals surface area contributed by atoms with Crippen LogP contribution in [0.1, 0.15) is 51.6 Å². The molecule has 1 rings (SSSR count). The second-order valence-electron chi connectivity index (χ2n) is 4.59. The minimum absolute atomic E-state index is 0.196. The van der Waals surface area contributed by atoms with Gasteiger partial charge in [-0.1, -0.05) is 19.8 Å². The van der Waals surface area contributed by atoms with Crippen LogP contribution < -0.4 is 5.82 Å². The summed E-state index contributed by atoms with van der Waals surface area (Å²) in [4.78, 5) is 10.8. The highest BCUT2D eigenvalue weighted by Gasteiger charge is 2.19. The summed E-state index contributed by atoms with van der Waals surface area (Å²) in [6.45, 7) is 8.21. The van der Waals surface area contributed by atoms with E-state index in [1.54, 1.807) is 6.92 Å². The maximum absolute atomic E-state index is 10.8. The van der Waals surface area contributed by atoms with Crippen molar-refractivity contribution in [2.75, 3.05) is 0 Å². The van der Waals surface area contributed by atoms with Crippen LogP contribution in [0.2, 0.25) is 0 Å². The minimum atomic E-state index is -0.664. The minimum Gasteiger partial charge on any atom is -0.396 e. The lowest BCUT2D eigenvalue weighted by molar-refractivity contribution is -0.0432. The fourth-order valence-corrected chi connectivity index (χ4v) is 1.44. The summed E-state index contributed by atoms with van der Waals surface area (Å²) in [5.74, 6) is 0.313. The highest BCUT2D eigenvalue weighted by atomic mass is 16.6. The van der Waals surface area contributed by atoms with Gasteiger partial charge in [-0.3, -0.25) is 0 Å². The summed E-state index contributed by atoms with van der Waals surface area (Å²) in [6.07, 6.45) is 3.26. The smallest absolute Gasteiger partial charge is 0.396 e. The van der Waals surface area contributed by atoms with E-state index in [9.17, 15) is 4.79 Å². The van der Waals surface area contributed by atoms with Gasteiger partial charge < -0.3 is 13.6 Å². The molecule has 0 aromatic carbocycles. The van der Waals surface area contributed by atoms with Gasteiger partial charge in [-0.15, -0.1) is 0 Å². The Morgan fingerprint density at radius 2 is 2.00 bits per heavy atom. The van der Waals surface area contributed by atoms with Crippen LogP contribution in [0, 0.1) is 6.92 Å². The van der Waals surface area contributed by atoms with Crippen molar-refractivity contribution in [2.24, 2.45) is 0 Å². The van der Waals surface area contributed by atoms with Gasteiger partial charge in [0.1, 0.15) is 12.4 Å². The van der Waals surface area contributed by atoms with Crippen molar-refractivity contribution in [2.45, 2.75) is 59.2 Å². The molecule has 0 aliphatic rings. The fraction of sp³-hybridized carbons (Fsp3) is 0.750. The maximum atomic E-state index is 10.8. The van der Waals surface area contributed by atoms with Gasteiger partial charge in [-0.2, -0.15) is 0 Å². The Hall–Kier alpha value is -1.03. The van der Waals surface area contributed by atoms with Crippen LogP contribution in [-0.4, -0.2) is 5.60 Å². The molecule has 92 valence electrons. The molecule has 0 aliphatic carbocycles. The zero-order chi connectivity index (χ0) is 12.2. The number of unbranched alkanes of at least 4 members (excludes halogenated alkanes) is 1. The first-order valence-electron chi connectivity index (χ1n) is 5.68. The second kappa shape index (κ2) is 5.34. The van der Waals surface area contributed by atoms with Gasteiger partial charge in [0, 0.05) is 0 Å². The number of hydrogen-bond acceptors (Lipinski definition) is 4. The zero-order valence-electron chi connectivity index (χ0n) is 10.5. The fourth-order valence-electron chi connectivity index (χ4n) is 1.44. The number of hydrogen-bond donors (Lipinski definition) is 0. The molecule has 0 N–H and O–H groups in total. The lowest BCUT2D eigenvalue weighted by Crippen LogP contribution is -2.24. The van der Waals surface area contributed by atoms with E-state index in [1.165, 1.54) is 0 Å². The molecule has 1 heterocycles. The molecular weight excluding hydrogens is 208 g/mol. The second-order valence-corrected chi connectivity index (χ2v) is 4.59. The zero-order valence-corrected chi connectivity index (χ0v) is 10.5. The summed E-state index contributed by atoms with van der Waals surface area (Å²) in [5, 5.41) is 0. The van der Waals surface area contributed by atoms with Gasteiger partial charge in [0.25, 0.3) is 0 Å². The third-order valence-corrected chi connectivity index (χ3v) is 2.56. The molecule has 4 heteroatoms. The summed E-state index contributed by atoms with van der Waals surface area (Å²) in [7, 11) is 0. The largest absolute Gasteiger partial charge is 0.519 e. The first kappa shape index (κ1) is 13.0. The molecule has 0 spiro atoms. The lowest BCUT2D eigenvalue weighted by Gasteiger charge is -2.24. The lowest BCUT2D eigenvalue weighted by atomic mass is 10.0. The quantitative estimate of drug-likeness (QED) is 0.751. The maximum Gasteiger partial charge on any atom is 0.519 e. The van der Waals surface area contributed by atoms with Gasteiger partial charge in [0.05, 0.1) is 5.60 Å². The molecule has 0 aliphatic heterocycles. The molecule has 0 bridgehead atoms. The van der Waals surface area contributed by atoms with E-state index < -0.39 is 5.82 Å². The predicted octanol–water partition coefficient (Wildman–Crippen LogP) is 3.03. The highest BCUT2D eigenvalue weighted by Crippen LogP contribution is 2.20. The molecule has 0 radical (unpaired) electrons. The van der Waals surface area contributed by atoms with Crippen LogP contribution in [0.25, 0.3) is 0 Å². The summed E-state index contributed by atoms with van der Waals surface area (Å²) >= 11 is 0. The standard InChI is InChI=1S/C12H20O4/c1-5-6-7-12(3,4)14-8-10-9(2)15-11(13)16-10/h5-8H2,1-4H3. The molecule has 0 saturated heterocycles. The Balaban J connectivity index is 2.50. The molecule has 4 nitrogen and oxygen atoms in total. The highest BCUT2D eigenvalue weighted by molar-refractivity contribution is 4.98. The normalized spacial score (nSPS) is 12.0. The molecule has 1 aromatic heterocycles. The SMILES string of the molecule is CCCCC(C)(C)OCc1oc(=O)oc1C. The molecule has 0 atom stereocenters. The molecule has 0 amide bonds. The van der Waals surface area contributed by atoms with Crippen LogP contribution in [0.5, 0.6) is 0 Å². The van der Waals surface area contributed by atoms with Crippen LogP contribution in [0.4, 0.5) is 0 Å². The van der Waals surface area contributed by atoms with E-state index in [0.717, 1.165) is 19.3 Å². The monoisotopic (exact) mass is 228 g/mol. The van der Waals surface area contributed by atoms with Crippen molar-refractivity contribution in [3.8, 4) is 0 Å². The molecule has 0 saturated carbocycles. The van der Waals surface area contributed by atoms with Gasteiger partial charge in [-0.05, 0) is 27.2 Å². The van der Waals surface area contributed by atoms with Crippen LogP contribution in [0.3, 0.4) is 0 Å². The van der Waals surface area contributed by atoms with Crippen molar-refractivity contribution in [1.29, 1.82) is 0 Å². The molecule has 0 fully saturated rings. The van der Waals surface area contributed by atoms with Crippen LogP contribution >= 0.6 is 0 Å². The third-order valence-electron chi connectivity index (χ3n) is 2.56. The van der Waals surface area contributed by atoms with E-state index in [2.05, 4.69) is 6.92 Å². The number of rotatable bonds is 6. The third kappa shape index (κ3) is 3.85. The van der Waals surface area contributed by atoms with Crippen molar-refractivity contribution < 1.29 is 13.6 Å². The molecular formula is C12H20O4. The Labute approximate surface area is 95.6 Å². The predicted molar refractivity (Wildman–Crippen MR) is 60.4 cm³/mol. The number of ether oxygens (including phenoxy) is 1. The van der Waals surface area contributed by atoms with Crippen molar-refractivity contribution >= 4 is 0 Å². The Bertz CT molecular complexity index is 373. The van der Waals surface area contributed by atoms with Crippen molar-refractivity contribution in [1.82, 2.24) is 0 Å². The average molecular weight is 228 g/mol. The average Bonchev–Trinajstić information content (AvgIpc) is 2.52. The van der Waals surface area contributed by atoms with E-state index in [1.807, 2.05) is 13.8 Å². The topological polar surface area (TPSA) is 52.6 Å². The van der Waals surface area contributed by atoms with Gasteiger partial charge >= 0.3 is 5.82 Å². The summed E-state index contributed by atoms with van der Waals surface area (Å²) in [6, 6.07) is 0. The summed E-state index contributed by atoms with van der Waals surface area (Å²) in [5.41, 5.74) is -0.196. The Morgan fingerprint density at radius 1 is 1.31 bits per heavy atom. The Morgan fingerprint density at radius 3 is 2.50 bits per heavy atom. The first-order valence-corrected chi connectivity index (χ1v) is 5.68. The van der Waals surface area contributed by atoms with Crippen molar-refractivity contribution in [3.63, 3.8) is 0 Å². The van der Waals surface area contributed by atoms with E-state index in [0.29, 0.717) is 11.5 Å².